The highest BCUT2D eigenvalue weighted by Gasteiger charge is 2.63. The Bertz CT molecular complexity index is 827. The third-order valence-electron chi connectivity index (χ3n) is 3.49. The number of sulfone groups is 1. The van der Waals surface area contributed by atoms with Gasteiger partial charge in [0.05, 0.1) is 12.3 Å². The average molecular weight is 367 g/mol. The van der Waals surface area contributed by atoms with E-state index in [1.807, 2.05) is 0 Å². The molecule has 0 amide bonds. The Hall–Kier alpha value is -2.01. The lowest BCUT2D eigenvalue weighted by Gasteiger charge is -2.35. The molecule has 0 saturated heterocycles. The van der Waals surface area contributed by atoms with Crippen molar-refractivity contribution in [1.82, 2.24) is 14.8 Å². The van der Waals surface area contributed by atoms with E-state index in [1.165, 1.54) is 0 Å². The molecule has 2 aromatic rings. The molecule has 1 atom stereocenters. The Morgan fingerprint density at radius 1 is 1.29 bits per heavy atom. The summed E-state index contributed by atoms with van der Waals surface area (Å²) in [6.07, 6.45) is 1.91. The maximum absolute atomic E-state index is 14.6. The molecule has 1 aromatic carbocycles. The van der Waals surface area contributed by atoms with Crippen molar-refractivity contribution in [2.75, 3.05) is 5.75 Å². The molecule has 2 rings (SSSR count). The number of nitrogens with zero attached hydrogens (tertiary/aromatic N) is 3. The van der Waals surface area contributed by atoms with Gasteiger partial charge in [0.15, 0.2) is 5.60 Å². The highest BCUT2D eigenvalue weighted by Crippen LogP contribution is 2.44. The zero-order valence-corrected chi connectivity index (χ0v) is 13.1. The number of rotatable bonds is 6. The monoisotopic (exact) mass is 367 g/mol. The van der Waals surface area contributed by atoms with Gasteiger partial charge in [-0.25, -0.2) is 26.9 Å². The van der Waals surface area contributed by atoms with Crippen molar-refractivity contribution in [3.05, 3.63) is 48.1 Å². The standard InChI is InChI=1S/C13H13F4N3O3S/c1-2-24(22,23)13(16,17)12(21,6-20-8-18-7-19-20)10-4-3-9(14)5-11(10)15/h3-5,7-8,21H,2,6H2,1H3/t12-/m0/s1. The fourth-order valence-corrected chi connectivity index (χ4v) is 3.20. The Morgan fingerprint density at radius 2 is 1.96 bits per heavy atom. The summed E-state index contributed by atoms with van der Waals surface area (Å²) >= 11 is 0. The molecule has 0 bridgehead atoms. The first-order chi connectivity index (χ1) is 11.0. The van der Waals surface area contributed by atoms with Gasteiger partial charge < -0.3 is 5.11 Å². The van der Waals surface area contributed by atoms with Crippen LogP contribution in [0.3, 0.4) is 0 Å². The lowest BCUT2D eigenvalue weighted by molar-refractivity contribution is -0.145. The van der Waals surface area contributed by atoms with Crippen molar-refractivity contribution >= 4 is 9.84 Å². The molecule has 6 nitrogen and oxygen atoms in total. The van der Waals surface area contributed by atoms with Gasteiger partial charge >= 0.3 is 5.25 Å². The predicted molar refractivity (Wildman–Crippen MR) is 74.7 cm³/mol. The van der Waals surface area contributed by atoms with Gasteiger partial charge in [0.25, 0.3) is 0 Å². The van der Waals surface area contributed by atoms with Crippen LogP contribution < -0.4 is 0 Å². The van der Waals surface area contributed by atoms with Gasteiger partial charge in [0, 0.05) is 11.6 Å². The molecular formula is C13H13F4N3O3S. The molecule has 0 aliphatic carbocycles. The second-order valence-electron chi connectivity index (χ2n) is 5.00. The zero-order chi connectivity index (χ0) is 18.2. The van der Waals surface area contributed by atoms with Gasteiger partial charge in [-0.1, -0.05) is 6.92 Å². The Kier molecular flexibility index (Phi) is 4.68. The van der Waals surface area contributed by atoms with Crippen LogP contribution in [0, 0.1) is 11.6 Å². The van der Waals surface area contributed by atoms with Gasteiger partial charge in [-0.2, -0.15) is 13.9 Å². The van der Waals surface area contributed by atoms with Crippen LogP contribution in [0.25, 0.3) is 0 Å². The summed E-state index contributed by atoms with van der Waals surface area (Å²) in [5, 5.41) is 9.29. The topological polar surface area (TPSA) is 85.1 Å². The third-order valence-corrected chi connectivity index (χ3v) is 5.37. The van der Waals surface area contributed by atoms with Gasteiger partial charge in [-0.3, -0.25) is 0 Å². The van der Waals surface area contributed by atoms with E-state index >= 15 is 0 Å². The lowest BCUT2D eigenvalue weighted by Crippen LogP contribution is -2.54. The average Bonchev–Trinajstić information content (AvgIpc) is 2.99. The first-order valence-electron chi connectivity index (χ1n) is 6.65. The minimum absolute atomic E-state index is 0.274. The van der Waals surface area contributed by atoms with Crippen LogP contribution in [0.4, 0.5) is 17.6 Å². The summed E-state index contributed by atoms with van der Waals surface area (Å²) in [6, 6.07) is 1.48. The molecule has 1 N–H and O–H groups in total. The van der Waals surface area contributed by atoms with Crippen LogP contribution in [-0.4, -0.2) is 39.3 Å². The maximum atomic E-state index is 14.6. The van der Waals surface area contributed by atoms with Gasteiger partial charge in [-0.05, 0) is 12.1 Å². The number of aromatic nitrogens is 3. The van der Waals surface area contributed by atoms with Gasteiger partial charge in [-0.15, -0.1) is 0 Å². The van der Waals surface area contributed by atoms with E-state index in [0.29, 0.717) is 12.1 Å². The molecule has 0 aliphatic rings. The number of hydrogen-bond donors (Lipinski definition) is 1. The summed E-state index contributed by atoms with van der Waals surface area (Å²) < 4.78 is 80.7. The van der Waals surface area contributed by atoms with E-state index in [4.69, 9.17) is 0 Å². The minimum atomic E-state index is -5.14. The molecule has 0 spiro atoms. The maximum Gasteiger partial charge on any atom is 0.379 e. The van der Waals surface area contributed by atoms with Crippen molar-refractivity contribution < 1.29 is 31.1 Å². The van der Waals surface area contributed by atoms with Crippen LogP contribution in [0.15, 0.2) is 30.9 Å². The zero-order valence-electron chi connectivity index (χ0n) is 12.3. The number of alkyl halides is 2. The SMILES string of the molecule is CCS(=O)(=O)C(F)(F)[C@](O)(Cn1cncn1)c1ccc(F)cc1F. The first kappa shape index (κ1) is 18.3. The fourth-order valence-electron chi connectivity index (χ4n) is 2.15. The van der Waals surface area contributed by atoms with E-state index in [9.17, 15) is 31.1 Å². The van der Waals surface area contributed by atoms with Crippen molar-refractivity contribution in [2.45, 2.75) is 24.3 Å². The second kappa shape index (κ2) is 6.13. The Morgan fingerprint density at radius 3 is 2.46 bits per heavy atom. The quantitative estimate of drug-likeness (QED) is 0.782. The third kappa shape index (κ3) is 2.88. The number of aliphatic hydroxyl groups is 1. The van der Waals surface area contributed by atoms with Crippen molar-refractivity contribution in [3.8, 4) is 0 Å². The van der Waals surface area contributed by atoms with E-state index < -0.39 is 50.2 Å². The largest absolute Gasteiger partial charge is 0.379 e. The molecule has 0 aliphatic heterocycles. The summed E-state index contributed by atoms with van der Waals surface area (Å²) in [6.45, 7) is -0.151. The van der Waals surface area contributed by atoms with Crippen molar-refractivity contribution in [1.29, 1.82) is 0 Å². The molecular weight excluding hydrogens is 354 g/mol. The highest BCUT2D eigenvalue weighted by atomic mass is 32.2. The molecule has 0 fully saturated rings. The van der Waals surface area contributed by atoms with Crippen molar-refractivity contribution in [3.63, 3.8) is 0 Å². The number of benzene rings is 1. The van der Waals surface area contributed by atoms with Crippen LogP contribution in [0.2, 0.25) is 0 Å². The molecule has 11 heteroatoms. The minimum Gasteiger partial charge on any atom is -0.376 e. The summed E-state index contributed by atoms with van der Waals surface area (Å²) in [5.41, 5.74) is -4.59. The Labute approximate surface area is 134 Å². The van der Waals surface area contributed by atoms with Crippen LogP contribution in [0.1, 0.15) is 12.5 Å². The molecule has 132 valence electrons. The van der Waals surface area contributed by atoms with E-state index in [2.05, 4.69) is 10.1 Å². The Balaban J connectivity index is 2.70. The van der Waals surface area contributed by atoms with Crippen LogP contribution >= 0.6 is 0 Å². The molecule has 0 saturated carbocycles. The summed E-state index contributed by atoms with van der Waals surface area (Å²) in [5.74, 6) is -3.58. The molecule has 1 aromatic heterocycles. The summed E-state index contributed by atoms with van der Waals surface area (Å²) in [7, 11) is -5.14. The fraction of sp³-hybridized carbons (Fsp3) is 0.385. The van der Waals surface area contributed by atoms with Gasteiger partial charge in [0.1, 0.15) is 24.3 Å². The number of hydrogen-bond acceptors (Lipinski definition) is 5. The van der Waals surface area contributed by atoms with Crippen LogP contribution in [-0.2, 0) is 22.0 Å². The highest BCUT2D eigenvalue weighted by molar-refractivity contribution is 7.92. The predicted octanol–water partition coefficient (Wildman–Crippen LogP) is 1.47. The normalized spacial score (nSPS) is 15.2. The van der Waals surface area contributed by atoms with E-state index in [1.54, 1.807) is 0 Å². The van der Waals surface area contributed by atoms with E-state index in [0.717, 1.165) is 24.3 Å². The first-order valence-corrected chi connectivity index (χ1v) is 8.31. The molecule has 0 radical (unpaired) electrons. The second-order valence-corrected chi connectivity index (χ2v) is 7.32. The van der Waals surface area contributed by atoms with Crippen molar-refractivity contribution in [2.24, 2.45) is 0 Å². The molecule has 24 heavy (non-hydrogen) atoms. The van der Waals surface area contributed by atoms with Crippen LogP contribution in [0.5, 0.6) is 0 Å². The molecule has 0 unspecified atom stereocenters. The van der Waals surface area contributed by atoms with E-state index in [-0.39, 0.29) is 6.07 Å². The van der Waals surface area contributed by atoms with Gasteiger partial charge in [0.2, 0.25) is 9.84 Å². The molecule has 1 heterocycles. The smallest absolute Gasteiger partial charge is 0.376 e. The lowest BCUT2D eigenvalue weighted by atomic mass is 9.93. The summed E-state index contributed by atoms with van der Waals surface area (Å²) in [4.78, 5) is 3.49. The number of halogens is 4.